The summed E-state index contributed by atoms with van der Waals surface area (Å²) in [5.41, 5.74) is 14.3. The summed E-state index contributed by atoms with van der Waals surface area (Å²) in [7, 11) is 0. The van der Waals surface area contributed by atoms with Gasteiger partial charge >= 0.3 is 0 Å². The SMILES string of the molecule is [C-]#[N+]c1cc(C#N)c(-c2ccc3c(c2)c2ccccc2n3-c2ccc(-c3ccccc3[N+]#[C-])cc2-c2cc(-c3nc(-c4ccccc4)nc(-c4ccccc4)n3)ccc2-n2c3ccccc3c3cc(-c4c(C#N)cc(C#N)cc4[N+]#[C-])ccc32)c([N+]#[C-])c1. The van der Waals surface area contributed by atoms with Gasteiger partial charge in [0.1, 0.15) is 0 Å². The Balaban J connectivity index is 1.10. The van der Waals surface area contributed by atoms with Crippen molar-refractivity contribution < 1.29 is 0 Å². The van der Waals surface area contributed by atoms with E-state index in [4.69, 9.17) is 41.2 Å². The zero-order valence-electron chi connectivity index (χ0n) is 46.3. The third-order valence-corrected chi connectivity index (χ3v) is 15.9. The van der Waals surface area contributed by atoms with Crippen molar-refractivity contribution in [2.24, 2.45) is 0 Å². The summed E-state index contributed by atoms with van der Waals surface area (Å²) in [6.07, 6.45) is 0. The molecule has 0 aliphatic heterocycles. The quantitative estimate of drug-likeness (QED) is 0.132. The van der Waals surface area contributed by atoms with Crippen LogP contribution in [-0.4, -0.2) is 24.1 Å². The van der Waals surface area contributed by atoms with E-state index in [1.54, 1.807) is 0 Å². The number of nitrogens with zero attached hydrogens (tertiary/aromatic N) is 12. The van der Waals surface area contributed by atoms with E-state index in [0.717, 1.165) is 88.4 Å². The van der Waals surface area contributed by atoms with Gasteiger partial charge in [-0.1, -0.05) is 146 Å². The molecule has 12 heteroatoms. The molecule has 0 N–H and O–H groups in total. The Bertz CT molecular complexity index is 5480. The van der Waals surface area contributed by atoms with E-state index in [-0.39, 0.29) is 33.8 Å². The first-order valence-corrected chi connectivity index (χ1v) is 27.7. The number of hydrogen-bond acceptors (Lipinski definition) is 6. The summed E-state index contributed by atoms with van der Waals surface area (Å²) in [5, 5.41) is 34.3. The summed E-state index contributed by atoms with van der Waals surface area (Å²) in [6.45, 7) is 32.4. The molecule has 12 nitrogen and oxygen atoms in total. The van der Waals surface area contributed by atoms with Gasteiger partial charge < -0.3 is 9.13 Å². The highest BCUT2D eigenvalue weighted by Gasteiger charge is 2.26. The first-order valence-electron chi connectivity index (χ1n) is 27.7. The second kappa shape index (κ2) is 21.7. The fraction of sp³-hybridized carbons (Fsp3) is 0. The number of para-hydroxylation sites is 3. The first kappa shape index (κ1) is 52.5. The zero-order valence-corrected chi connectivity index (χ0v) is 46.3. The lowest BCUT2D eigenvalue weighted by molar-refractivity contribution is 1.07. The van der Waals surface area contributed by atoms with E-state index in [9.17, 15) is 15.8 Å². The monoisotopic (exact) mass is 1120 g/mol. The van der Waals surface area contributed by atoms with Crippen LogP contribution < -0.4 is 0 Å². The highest BCUT2D eigenvalue weighted by molar-refractivity contribution is 6.14. The van der Waals surface area contributed by atoms with Crippen molar-refractivity contribution in [3.8, 4) is 108 Å². The van der Waals surface area contributed by atoms with Gasteiger partial charge in [-0.15, -0.1) is 0 Å². The number of aromatic nitrogens is 5. The van der Waals surface area contributed by atoms with Crippen LogP contribution in [0.15, 0.2) is 231 Å². The Labute approximate surface area is 504 Å². The van der Waals surface area contributed by atoms with Crippen molar-refractivity contribution in [2.75, 3.05) is 0 Å². The van der Waals surface area contributed by atoms with Crippen LogP contribution in [-0.2, 0) is 0 Å². The molecule has 0 atom stereocenters. The Hall–Kier alpha value is -13.5. The van der Waals surface area contributed by atoms with E-state index in [0.29, 0.717) is 51.0 Å². The molecule has 0 saturated heterocycles. The molecule has 0 radical (unpaired) electrons. The van der Waals surface area contributed by atoms with Crippen LogP contribution in [0.1, 0.15) is 16.7 Å². The van der Waals surface area contributed by atoms with Crippen LogP contribution in [0.3, 0.4) is 0 Å². The Morgan fingerprint density at radius 3 is 1.28 bits per heavy atom. The second-order valence-electron chi connectivity index (χ2n) is 20.8. The Morgan fingerprint density at radius 2 is 0.761 bits per heavy atom. The standard InChI is InChI=1S/C76H38N12/c1-80-55-37-54(45-79)73(65(42-55)83-4)51-29-33-68-60(40-51)58-23-12-15-25-66(58)87(68)70-31-27-49(56-21-11-14-24-63(56)81-2)38-61(70)62-41-52(76-85-74(47-17-7-5-8-18-47)84-75(86-76)48-19-9-6-10-20-48)30-34-71(62)88-67-26-16-13-22-57(67)59-39-50(28-32-69(59)88)72-53(44-78)35-46(43-77)36-64(72)82-3/h5-42H. The lowest BCUT2D eigenvalue weighted by Gasteiger charge is -2.21. The van der Waals surface area contributed by atoms with E-state index < -0.39 is 0 Å². The Morgan fingerprint density at radius 1 is 0.318 bits per heavy atom. The summed E-state index contributed by atoms with van der Waals surface area (Å²) in [5.74, 6) is 1.42. The van der Waals surface area contributed by atoms with Gasteiger partial charge in [0.05, 0.1) is 83.5 Å². The van der Waals surface area contributed by atoms with Gasteiger partial charge in [-0.25, -0.2) is 34.3 Å². The van der Waals surface area contributed by atoms with Crippen molar-refractivity contribution in [1.29, 1.82) is 15.8 Å². The molecule has 0 aliphatic rings. The van der Waals surface area contributed by atoms with Gasteiger partial charge in [0.2, 0.25) is 0 Å². The van der Waals surface area contributed by atoms with Crippen LogP contribution in [0.25, 0.3) is 153 Å². The third kappa shape index (κ3) is 8.77. The smallest absolute Gasteiger partial charge is 0.197 e. The van der Waals surface area contributed by atoms with Gasteiger partial charge in [-0.2, -0.15) is 15.8 Å². The summed E-state index contributed by atoms with van der Waals surface area (Å²) < 4.78 is 4.46. The van der Waals surface area contributed by atoms with E-state index in [1.807, 2.05) is 158 Å². The molecule has 0 unspecified atom stereocenters. The fourth-order valence-electron chi connectivity index (χ4n) is 12.1. The third-order valence-electron chi connectivity index (χ3n) is 15.9. The predicted molar refractivity (Wildman–Crippen MR) is 346 cm³/mol. The molecule has 3 heterocycles. The van der Waals surface area contributed by atoms with Gasteiger partial charge in [-0.3, -0.25) is 0 Å². The average Bonchev–Trinajstić information content (AvgIpc) is 1.79. The van der Waals surface area contributed by atoms with E-state index in [2.05, 4.69) is 95.3 Å². The molecule has 88 heavy (non-hydrogen) atoms. The zero-order chi connectivity index (χ0) is 60.0. The maximum absolute atomic E-state index is 10.5. The minimum absolute atomic E-state index is 0.199. The summed E-state index contributed by atoms with van der Waals surface area (Å²) in [6, 6.07) is 80.6. The van der Waals surface area contributed by atoms with Crippen molar-refractivity contribution in [2.45, 2.75) is 0 Å². The minimum Gasteiger partial charge on any atom is -0.309 e. The second-order valence-corrected chi connectivity index (χ2v) is 20.8. The van der Waals surface area contributed by atoms with Gasteiger partial charge in [-0.05, 0) is 107 Å². The summed E-state index contributed by atoms with van der Waals surface area (Å²) >= 11 is 0. The average molecular weight is 1120 g/mol. The van der Waals surface area contributed by atoms with Crippen LogP contribution in [0, 0.1) is 60.3 Å². The molecule has 11 aromatic carbocycles. The molecule has 0 fully saturated rings. The maximum Gasteiger partial charge on any atom is 0.197 e. The van der Waals surface area contributed by atoms with Crippen molar-refractivity contribution in [1.82, 2.24) is 24.1 Å². The van der Waals surface area contributed by atoms with Gasteiger partial charge in [0.15, 0.2) is 40.2 Å². The largest absolute Gasteiger partial charge is 0.309 e. The number of hydrogen-bond donors (Lipinski definition) is 0. The topological polar surface area (TPSA) is 137 Å². The molecule has 0 amide bonds. The molecule has 3 aromatic heterocycles. The van der Waals surface area contributed by atoms with Crippen LogP contribution >= 0.6 is 0 Å². The van der Waals surface area contributed by atoms with E-state index in [1.165, 1.54) is 24.3 Å². The molecule has 402 valence electrons. The normalized spacial score (nSPS) is 10.9. The molecule has 14 aromatic rings. The number of fused-ring (bicyclic) bond motifs is 6. The van der Waals surface area contributed by atoms with Gasteiger partial charge in [0, 0.05) is 71.6 Å². The van der Waals surface area contributed by atoms with Gasteiger partial charge in [0.25, 0.3) is 0 Å². The van der Waals surface area contributed by atoms with Crippen molar-refractivity contribution in [3.05, 3.63) is 293 Å². The molecule has 0 bridgehead atoms. The molecular formula is C76H38N12. The lowest BCUT2D eigenvalue weighted by Crippen LogP contribution is -2.04. The molecule has 0 saturated carbocycles. The lowest BCUT2D eigenvalue weighted by atomic mass is 9.93. The highest BCUT2D eigenvalue weighted by Crippen LogP contribution is 2.47. The van der Waals surface area contributed by atoms with Crippen molar-refractivity contribution >= 4 is 66.4 Å². The maximum atomic E-state index is 10.5. The first-order chi connectivity index (χ1) is 43.3. The van der Waals surface area contributed by atoms with Crippen LogP contribution in [0.4, 0.5) is 22.7 Å². The summed E-state index contributed by atoms with van der Waals surface area (Å²) in [4.78, 5) is 30.7. The predicted octanol–water partition coefficient (Wildman–Crippen LogP) is 19.6. The Kier molecular flexibility index (Phi) is 12.9. The van der Waals surface area contributed by atoms with Crippen molar-refractivity contribution in [3.63, 3.8) is 0 Å². The molecule has 0 spiro atoms. The number of rotatable bonds is 9. The van der Waals surface area contributed by atoms with E-state index >= 15 is 0 Å². The molecule has 0 aliphatic carbocycles. The minimum atomic E-state index is 0.199. The molecular weight excluding hydrogens is 1080 g/mol. The molecule has 14 rings (SSSR count). The number of benzene rings is 11. The number of nitriles is 3. The highest BCUT2D eigenvalue weighted by atomic mass is 15.0. The van der Waals surface area contributed by atoms with Crippen LogP contribution in [0.5, 0.6) is 0 Å². The fourth-order valence-corrected chi connectivity index (χ4v) is 12.1. The van der Waals surface area contributed by atoms with Crippen LogP contribution in [0.2, 0.25) is 0 Å².